The molecule has 1 saturated carbocycles. The van der Waals surface area contributed by atoms with Gasteiger partial charge >= 0.3 is 5.97 Å². The highest BCUT2D eigenvalue weighted by Gasteiger charge is 2.82. The zero-order valence-electron chi connectivity index (χ0n) is 10.9. The van der Waals surface area contributed by atoms with Gasteiger partial charge in [-0.3, -0.25) is 0 Å². The molecule has 1 aliphatic carbocycles. The van der Waals surface area contributed by atoms with Crippen LogP contribution < -0.4 is 0 Å². The minimum absolute atomic E-state index is 0.0749. The van der Waals surface area contributed by atoms with Crippen LogP contribution in [0.4, 0.5) is 0 Å². The van der Waals surface area contributed by atoms with Crippen LogP contribution in [0.25, 0.3) is 0 Å². The highest BCUT2D eigenvalue weighted by atomic mass is 16.7. The Morgan fingerprint density at radius 3 is 2.31 bits per heavy atom. The van der Waals surface area contributed by atoms with Crippen molar-refractivity contribution >= 4 is 5.97 Å². The fourth-order valence-corrected chi connectivity index (χ4v) is 3.62. The highest BCUT2D eigenvalue weighted by molar-refractivity contribution is 5.85. The van der Waals surface area contributed by atoms with Crippen LogP contribution in [0.15, 0.2) is 0 Å². The maximum absolute atomic E-state index is 12.0. The highest BCUT2D eigenvalue weighted by Crippen LogP contribution is 2.69. The number of ether oxygens (including phenoxy) is 2. The molecule has 0 radical (unpaired) electrons. The summed E-state index contributed by atoms with van der Waals surface area (Å²) in [5.41, 5.74) is -0.894. The Bertz CT molecular complexity index is 321. The molecule has 2 atom stereocenters. The molecule has 0 aromatic rings. The second kappa shape index (κ2) is 3.22. The van der Waals surface area contributed by atoms with Crippen molar-refractivity contribution in [3.05, 3.63) is 0 Å². The normalized spacial score (nSPS) is 40.4. The lowest BCUT2D eigenvalue weighted by Gasteiger charge is -2.28. The van der Waals surface area contributed by atoms with Crippen LogP contribution in [0.5, 0.6) is 0 Å². The quantitative estimate of drug-likeness (QED) is 0.536. The molecule has 2 fully saturated rings. The van der Waals surface area contributed by atoms with Crippen molar-refractivity contribution < 1.29 is 14.3 Å². The van der Waals surface area contributed by atoms with Gasteiger partial charge in [0.15, 0.2) is 5.60 Å². The number of epoxide rings is 1. The second-order valence-corrected chi connectivity index (χ2v) is 6.05. The molecule has 2 unspecified atom stereocenters. The molecule has 1 aliphatic heterocycles. The van der Waals surface area contributed by atoms with E-state index in [2.05, 4.69) is 13.8 Å². The predicted molar refractivity (Wildman–Crippen MR) is 61.0 cm³/mol. The predicted octanol–water partition coefficient (Wildman–Crippen LogP) is 2.53. The molecule has 0 bridgehead atoms. The Morgan fingerprint density at radius 2 is 1.94 bits per heavy atom. The Hall–Kier alpha value is -0.570. The van der Waals surface area contributed by atoms with Gasteiger partial charge in [-0.15, -0.1) is 0 Å². The summed E-state index contributed by atoms with van der Waals surface area (Å²) >= 11 is 0. The van der Waals surface area contributed by atoms with Crippen LogP contribution in [0.2, 0.25) is 0 Å². The molecule has 1 spiro atoms. The lowest BCUT2D eigenvalue weighted by molar-refractivity contribution is -0.148. The van der Waals surface area contributed by atoms with E-state index < -0.39 is 5.60 Å². The molecule has 3 heteroatoms. The van der Waals surface area contributed by atoms with Crippen molar-refractivity contribution in [2.24, 2.45) is 11.3 Å². The fraction of sp³-hybridized carbons (Fsp3) is 0.923. The number of esters is 1. The summed E-state index contributed by atoms with van der Waals surface area (Å²) in [5.74, 6) is -0.0326. The Morgan fingerprint density at radius 1 is 1.31 bits per heavy atom. The standard InChI is InChI=1S/C13H22O3/c1-9(2)13(10(14)15-5)12(16-13)8-6-7-11(12,3)4/h9H,6-8H2,1-5H3. The van der Waals surface area contributed by atoms with Crippen molar-refractivity contribution in [3.63, 3.8) is 0 Å². The molecule has 2 rings (SSSR count). The number of hydrogen-bond acceptors (Lipinski definition) is 3. The SMILES string of the molecule is COC(=O)C1(C(C)C)OC12CCCC2(C)C. The molecule has 16 heavy (non-hydrogen) atoms. The molecule has 2 aliphatic rings. The van der Waals surface area contributed by atoms with Crippen molar-refractivity contribution in [2.45, 2.75) is 58.2 Å². The van der Waals surface area contributed by atoms with E-state index in [0.29, 0.717) is 0 Å². The maximum Gasteiger partial charge on any atom is 0.341 e. The number of rotatable bonds is 2. The molecule has 1 saturated heterocycles. The Kier molecular flexibility index (Phi) is 2.40. The summed E-state index contributed by atoms with van der Waals surface area (Å²) in [6, 6.07) is 0. The first kappa shape index (κ1) is 11.9. The molecule has 3 nitrogen and oxygen atoms in total. The summed E-state index contributed by atoms with van der Waals surface area (Å²) in [6.45, 7) is 8.49. The van der Waals surface area contributed by atoms with Gasteiger partial charge in [-0.05, 0) is 30.6 Å². The van der Waals surface area contributed by atoms with E-state index in [1.54, 1.807) is 0 Å². The van der Waals surface area contributed by atoms with E-state index in [-0.39, 0.29) is 22.9 Å². The summed E-state index contributed by atoms with van der Waals surface area (Å²) in [5, 5.41) is 0. The van der Waals surface area contributed by atoms with Gasteiger partial charge in [-0.1, -0.05) is 27.7 Å². The summed E-state index contributed by atoms with van der Waals surface area (Å²) in [4.78, 5) is 12.0. The average molecular weight is 226 g/mol. The molecule has 0 aromatic carbocycles. The second-order valence-electron chi connectivity index (χ2n) is 6.05. The maximum atomic E-state index is 12.0. The van der Waals surface area contributed by atoms with Gasteiger partial charge in [0.1, 0.15) is 5.60 Å². The topological polar surface area (TPSA) is 38.8 Å². The van der Waals surface area contributed by atoms with Crippen LogP contribution in [-0.4, -0.2) is 24.3 Å². The Balaban J connectivity index is 2.38. The molecule has 0 amide bonds. The van der Waals surface area contributed by atoms with Crippen LogP contribution >= 0.6 is 0 Å². The number of methoxy groups -OCH3 is 1. The van der Waals surface area contributed by atoms with E-state index >= 15 is 0 Å². The van der Waals surface area contributed by atoms with Gasteiger partial charge in [-0.2, -0.15) is 0 Å². The lowest BCUT2D eigenvalue weighted by atomic mass is 9.70. The molecule has 0 aromatic heterocycles. The number of carbonyl (C=O) groups is 1. The first-order chi connectivity index (χ1) is 7.34. The minimum atomic E-state index is -0.693. The summed E-state index contributed by atoms with van der Waals surface area (Å²) < 4.78 is 11.0. The van der Waals surface area contributed by atoms with E-state index in [1.807, 2.05) is 13.8 Å². The van der Waals surface area contributed by atoms with E-state index in [1.165, 1.54) is 7.11 Å². The lowest BCUT2D eigenvalue weighted by Crippen LogP contribution is -2.44. The van der Waals surface area contributed by atoms with Gasteiger partial charge in [-0.25, -0.2) is 4.79 Å². The zero-order valence-corrected chi connectivity index (χ0v) is 10.9. The van der Waals surface area contributed by atoms with Crippen LogP contribution in [-0.2, 0) is 14.3 Å². The first-order valence-corrected chi connectivity index (χ1v) is 6.13. The van der Waals surface area contributed by atoms with Gasteiger partial charge in [0.25, 0.3) is 0 Å². The van der Waals surface area contributed by atoms with E-state index in [0.717, 1.165) is 19.3 Å². The summed E-state index contributed by atoms with van der Waals surface area (Å²) in [6.07, 6.45) is 3.24. The third kappa shape index (κ3) is 1.10. The van der Waals surface area contributed by atoms with Gasteiger partial charge in [0, 0.05) is 0 Å². The van der Waals surface area contributed by atoms with E-state index in [9.17, 15) is 4.79 Å². The molecule has 1 heterocycles. The van der Waals surface area contributed by atoms with E-state index in [4.69, 9.17) is 9.47 Å². The van der Waals surface area contributed by atoms with Crippen molar-refractivity contribution in [2.75, 3.05) is 7.11 Å². The van der Waals surface area contributed by atoms with Crippen molar-refractivity contribution in [1.82, 2.24) is 0 Å². The third-order valence-corrected chi connectivity index (χ3v) is 4.62. The average Bonchev–Trinajstić information content (AvgIpc) is 2.80. The molecular weight excluding hydrogens is 204 g/mol. The molecule has 92 valence electrons. The summed E-state index contributed by atoms with van der Waals surface area (Å²) in [7, 11) is 1.45. The largest absolute Gasteiger partial charge is 0.467 e. The van der Waals surface area contributed by atoms with Gasteiger partial charge in [0.05, 0.1) is 7.11 Å². The van der Waals surface area contributed by atoms with Gasteiger partial charge in [0.2, 0.25) is 0 Å². The first-order valence-electron chi connectivity index (χ1n) is 6.13. The minimum Gasteiger partial charge on any atom is -0.467 e. The third-order valence-electron chi connectivity index (χ3n) is 4.62. The zero-order chi connectivity index (χ0) is 12.2. The van der Waals surface area contributed by atoms with Crippen molar-refractivity contribution in [1.29, 1.82) is 0 Å². The van der Waals surface area contributed by atoms with Gasteiger partial charge < -0.3 is 9.47 Å². The van der Waals surface area contributed by atoms with Crippen LogP contribution in [0.1, 0.15) is 47.0 Å². The number of carbonyl (C=O) groups excluding carboxylic acids is 1. The fourth-order valence-electron chi connectivity index (χ4n) is 3.62. The molecular formula is C13H22O3. The smallest absolute Gasteiger partial charge is 0.341 e. The monoisotopic (exact) mass is 226 g/mol. The van der Waals surface area contributed by atoms with Crippen LogP contribution in [0.3, 0.4) is 0 Å². The number of hydrogen-bond donors (Lipinski definition) is 0. The Labute approximate surface area is 97.5 Å². The van der Waals surface area contributed by atoms with Crippen LogP contribution in [0, 0.1) is 11.3 Å². The molecule has 0 N–H and O–H groups in total. The van der Waals surface area contributed by atoms with Crippen molar-refractivity contribution in [3.8, 4) is 0 Å².